The van der Waals surface area contributed by atoms with Gasteiger partial charge < -0.3 is 28.8 Å². The topological polar surface area (TPSA) is 83.5 Å². The number of esters is 1. The van der Waals surface area contributed by atoms with E-state index < -0.39 is 36.0 Å². The van der Waals surface area contributed by atoms with E-state index in [4.69, 9.17) is 23.7 Å². The fourth-order valence-electron chi connectivity index (χ4n) is 2.58. The van der Waals surface area contributed by atoms with E-state index in [1.807, 2.05) is 0 Å². The Bertz CT molecular complexity index is 364. The molecule has 2 aliphatic rings. The van der Waals surface area contributed by atoms with Gasteiger partial charge in [-0.2, -0.15) is 0 Å². The lowest BCUT2D eigenvalue weighted by Crippen LogP contribution is -2.64. The van der Waals surface area contributed by atoms with Crippen LogP contribution in [0.3, 0.4) is 0 Å². The normalized spacial score (nSPS) is 37.5. The van der Waals surface area contributed by atoms with E-state index in [0.717, 1.165) is 6.42 Å². The second-order valence-corrected chi connectivity index (χ2v) is 5.54. The van der Waals surface area contributed by atoms with Gasteiger partial charge in [0.15, 0.2) is 11.9 Å². The fraction of sp³-hybridized carbons (Fsp3) is 0.923. The van der Waals surface area contributed by atoms with Gasteiger partial charge in [-0.05, 0) is 26.7 Å². The first-order valence-electron chi connectivity index (χ1n) is 6.68. The Morgan fingerprint density at radius 2 is 2.10 bits per heavy atom. The molecule has 0 aliphatic carbocycles. The quantitative estimate of drug-likeness (QED) is 0.597. The van der Waals surface area contributed by atoms with Gasteiger partial charge in [0.05, 0.1) is 13.2 Å². The summed E-state index contributed by atoms with van der Waals surface area (Å²) in [6.45, 7) is 2.95. The zero-order valence-corrected chi connectivity index (χ0v) is 12.3. The van der Waals surface area contributed by atoms with Crippen molar-refractivity contribution >= 4 is 5.97 Å². The van der Waals surface area contributed by atoms with Crippen LogP contribution in [-0.4, -0.2) is 55.4 Å². The van der Waals surface area contributed by atoms with Crippen LogP contribution in [0.1, 0.15) is 33.1 Å². The summed E-state index contributed by atoms with van der Waals surface area (Å²) in [6, 6.07) is 0. The summed E-state index contributed by atoms with van der Waals surface area (Å²) in [5, 5.41) is 9.83. The van der Waals surface area contributed by atoms with Gasteiger partial charge in [-0.3, -0.25) is 0 Å². The molecule has 0 radical (unpaired) electrons. The molecular formula is C13H22O7. The maximum absolute atomic E-state index is 11.8. The molecular weight excluding hydrogens is 268 g/mol. The molecule has 2 saturated heterocycles. The van der Waals surface area contributed by atoms with Gasteiger partial charge in [-0.25, -0.2) is 4.79 Å². The van der Waals surface area contributed by atoms with E-state index >= 15 is 0 Å². The van der Waals surface area contributed by atoms with Crippen molar-refractivity contribution in [2.45, 2.75) is 63.2 Å². The zero-order valence-electron chi connectivity index (χ0n) is 12.3. The average Bonchev–Trinajstić information content (AvgIpc) is 2.40. The third-order valence-corrected chi connectivity index (χ3v) is 3.51. The SMILES string of the molecule is COC(=O)[C@@H]1O[C@H](OC(C)(C)O)[C@@]2(OC)CCCC1O2. The molecule has 0 aromatic heterocycles. The number of carbonyl (C=O) groups excluding carboxylic acids is 1. The van der Waals surface area contributed by atoms with Gasteiger partial charge in [0.1, 0.15) is 0 Å². The molecule has 2 rings (SSSR count). The predicted molar refractivity (Wildman–Crippen MR) is 66.5 cm³/mol. The number of aliphatic hydroxyl groups is 1. The minimum absolute atomic E-state index is 0.433. The van der Waals surface area contributed by atoms with E-state index in [1.54, 1.807) is 0 Å². The van der Waals surface area contributed by atoms with Gasteiger partial charge in [0, 0.05) is 13.5 Å². The first-order valence-corrected chi connectivity index (χ1v) is 6.68. The molecule has 0 aromatic carbocycles. The Hall–Kier alpha value is -0.730. The van der Waals surface area contributed by atoms with Gasteiger partial charge in [-0.1, -0.05) is 0 Å². The van der Waals surface area contributed by atoms with Crippen LogP contribution in [0, 0.1) is 0 Å². The van der Waals surface area contributed by atoms with Gasteiger partial charge in [0.2, 0.25) is 12.1 Å². The van der Waals surface area contributed by atoms with Crippen LogP contribution >= 0.6 is 0 Å². The van der Waals surface area contributed by atoms with Crippen molar-refractivity contribution in [1.29, 1.82) is 0 Å². The van der Waals surface area contributed by atoms with Crippen molar-refractivity contribution in [2.24, 2.45) is 0 Å². The van der Waals surface area contributed by atoms with Crippen molar-refractivity contribution in [3.05, 3.63) is 0 Å². The monoisotopic (exact) mass is 290 g/mol. The van der Waals surface area contributed by atoms with E-state index in [0.29, 0.717) is 12.8 Å². The van der Waals surface area contributed by atoms with Crippen LogP contribution in [0.25, 0.3) is 0 Å². The zero-order chi connectivity index (χ0) is 15.0. The number of hydrogen-bond acceptors (Lipinski definition) is 7. The van der Waals surface area contributed by atoms with Crippen molar-refractivity contribution < 1.29 is 33.6 Å². The molecule has 2 fully saturated rings. The van der Waals surface area contributed by atoms with Crippen LogP contribution in [-0.2, 0) is 28.5 Å². The average molecular weight is 290 g/mol. The lowest BCUT2D eigenvalue weighted by Gasteiger charge is -2.51. The number of ether oxygens (including phenoxy) is 5. The molecule has 2 aliphatic heterocycles. The predicted octanol–water partition coefficient (Wildman–Crippen LogP) is 0.541. The summed E-state index contributed by atoms with van der Waals surface area (Å²) in [5.74, 6) is -3.07. The molecule has 0 aromatic rings. The van der Waals surface area contributed by atoms with Crippen LogP contribution in [0.4, 0.5) is 0 Å². The van der Waals surface area contributed by atoms with Crippen molar-refractivity contribution in [1.82, 2.24) is 0 Å². The largest absolute Gasteiger partial charge is 0.467 e. The van der Waals surface area contributed by atoms with E-state index in [2.05, 4.69) is 0 Å². The second kappa shape index (κ2) is 5.57. The lowest BCUT2D eigenvalue weighted by atomic mass is 9.94. The first kappa shape index (κ1) is 15.7. The highest BCUT2D eigenvalue weighted by atomic mass is 16.8. The van der Waals surface area contributed by atoms with Crippen LogP contribution in [0.5, 0.6) is 0 Å². The molecule has 116 valence electrons. The molecule has 7 nitrogen and oxygen atoms in total. The van der Waals surface area contributed by atoms with Gasteiger partial charge >= 0.3 is 5.97 Å². The summed E-state index contributed by atoms with van der Waals surface area (Å²) < 4.78 is 27.2. The lowest BCUT2D eigenvalue weighted by molar-refractivity contribution is -0.446. The maximum Gasteiger partial charge on any atom is 0.337 e. The molecule has 1 N–H and O–H groups in total. The van der Waals surface area contributed by atoms with Gasteiger partial charge in [0.25, 0.3) is 0 Å². The van der Waals surface area contributed by atoms with Crippen LogP contribution in [0.15, 0.2) is 0 Å². The summed E-state index contributed by atoms with van der Waals surface area (Å²) in [4.78, 5) is 11.8. The summed E-state index contributed by atoms with van der Waals surface area (Å²) in [5.41, 5.74) is 0. The van der Waals surface area contributed by atoms with Crippen molar-refractivity contribution in [3.8, 4) is 0 Å². The first-order chi connectivity index (χ1) is 9.31. The highest BCUT2D eigenvalue weighted by molar-refractivity contribution is 5.75. The van der Waals surface area contributed by atoms with Crippen molar-refractivity contribution in [2.75, 3.05) is 14.2 Å². The van der Waals surface area contributed by atoms with Crippen LogP contribution < -0.4 is 0 Å². The summed E-state index contributed by atoms with van der Waals surface area (Å²) in [6.07, 6.45) is -0.266. The molecule has 0 amide bonds. The fourth-order valence-corrected chi connectivity index (χ4v) is 2.58. The summed E-state index contributed by atoms with van der Waals surface area (Å²) >= 11 is 0. The smallest absolute Gasteiger partial charge is 0.337 e. The second-order valence-electron chi connectivity index (χ2n) is 5.54. The molecule has 4 atom stereocenters. The standard InChI is InChI=1S/C13H22O7/c1-12(2,15)20-11-13(17-4)7-5-6-8(19-13)9(18-11)10(14)16-3/h8-9,11,15H,5-7H2,1-4H3/t8?,9-,11-,13-/m1/s1. The molecule has 2 bridgehead atoms. The Morgan fingerprint density at radius 1 is 1.40 bits per heavy atom. The van der Waals surface area contributed by atoms with Crippen molar-refractivity contribution in [3.63, 3.8) is 0 Å². The molecule has 20 heavy (non-hydrogen) atoms. The highest BCUT2D eigenvalue weighted by Gasteiger charge is 2.56. The minimum Gasteiger partial charge on any atom is -0.467 e. The third-order valence-electron chi connectivity index (χ3n) is 3.51. The Labute approximate surface area is 118 Å². The Balaban J connectivity index is 2.24. The Morgan fingerprint density at radius 3 is 2.65 bits per heavy atom. The number of carbonyl (C=O) groups is 1. The Kier molecular flexibility index (Phi) is 4.36. The maximum atomic E-state index is 11.8. The molecule has 2 heterocycles. The highest BCUT2D eigenvalue weighted by Crippen LogP contribution is 2.42. The van der Waals surface area contributed by atoms with E-state index in [1.165, 1.54) is 28.1 Å². The van der Waals surface area contributed by atoms with Crippen LogP contribution in [0.2, 0.25) is 0 Å². The third kappa shape index (κ3) is 2.96. The molecule has 0 spiro atoms. The van der Waals surface area contributed by atoms with E-state index in [-0.39, 0.29) is 0 Å². The molecule has 0 saturated carbocycles. The number of fused-ring (bicyclic) bond motifs is 2. The molecule has 1 unspecified atom stereocenters. The number of rotatable bonds is 4. The molecule has 7 heteroatoms. The number of hydrogen-bond donors (Lipinski definition) is 1. The minimum atomic E-state index is -1.44. The van der Waals surface area contributed by atoms with E-state index in [9.17, 15) is 9.90 Å². The summed E-state index contributed by atoms with van der Waals surface area (Å²) in [7, 11) is 2.78. The van der Waals surface area contributed by atoms with Gasteiger partial charge in [-0.15, -0.1) is 0 Å². The number of methoxy groups -OCH3 is 2.